The average molecular weight is 227 g/mol. The molecule has 1 amide bonds. The fourth-order valence-electron chi connectivity index (χ4n) is 2.58. The molecule has 0 bridgehead atoms. The molecule has 94 valence electrons. The zero-order valence-electron chi connectivity index (χ0n) is 10.6. The van der Waals surface area contributed by atoms with E-state index in [-0.39, 0.29) is 5.91 Å². The molecule has 1 saturated heterocycles. The molecule has 1 fully saturated rings. The fourth-order valence-corrected chi connectivity index (χ4v) is 2.58. The lowest BCUT2D eigenvalue weighted by Crippen LogP contribution is -2.55. The maximum absolute atomic E-state index is 11.6. The van der Waals surface area contributed by atoms with Crippen LogP contribution in [0.1, 0.15) is 39.5 Å². The topological polar surface area (TPSA) is 58.4 Å². The van der Waals surface area contributed by atoms with Gasteiger partial charge in [0.05, 0.1) is 5.54 Å². The number of amides is 1. The standard InChI is InChI=1S/C12H25N3O/c1-3-8-15-9-5-6-12(7-10-15,11(13)16)14-4-2/h14H,3-10H2,1-2H3,(H2,13,16). The van der Waals surface area contributed by atoms with Gasteiger partial charge in [0, 0.05) is 6.54 Å². The highest BCUT2D eigenvalue weighted by Gasteiger charge is 2.36. The van der Waals surface area contributed by atoms with Crippen molar-refractivity contribution in [1.82, 2.24) is 10.2 Å². The summed E-state index contributed by atoms with van der Waals surface area (Å²) in [5.41, 5.74) is 5.10. The predicted molar refractivity (Wildman–Crippen MR) is 66.2 cm³/mol. The van der Waals surface area contributed by atoms with Gasteiger partial charge >= 0.3 is 0 Å². The number of nitrogens with zero attached hydrogens (tertiary/aromatic N) is 1. The van der Waals surface area contributed by atoms with Gasteiger partial charge in [0.25, 0.3) is 0 Å². The molecule has 0 aromatic heterocycles. The van der Waals surface area contributed by atoms with Crippen molar-refractivity contribution in [2.45, 2.75) is 45.1 Å². The van der Waals surface area contributed by atoms with E-state index in [2.05, 4.69) is 17.1 Å². The number of nitrogens with one attached hydrogen (secondary N) is 1. The van der Waals surface area contributed by atoms with E-state index in [1.165, 1.54) is 6.42 Å². The largest absolute Gasteiger partial charge is 0.368 e. The van der Waals surface area contributed by atoms with Crippen LogP contribution in [0.4, 0.5) is 0 Å². The Hall–Kier alpha value is -0.610. The Morgan fingerprint density at radius 1 is 1.38 bits per heavy atom. The molecule has 1 atom stereocenters. The van der Waals surface area contributed by atoms with Crippen LogP contribution in [0.2, 0.25) is 0 Å². The molecular weight excluding hydrogens is 202 g/mol. The summed E-state index contributed by atoms with van der Waals surface area (Å²) < 4.78 is 0. The molecule has 1 aliphatic heterocycles. The number of rotatable bonds is 5. The van der Waals surface area contributed by atoms with Gasteiger partial charge in [-0.3, -0.25) is 4.79 Å². The summed E-state index contributed by atoms with van der Waals surface area (Å²) in [6.07, 6.45) is 3.94. The highest BCUT2D eigenvalue weighted by atomic mass is 16.1. The van der Waals surface area contributed by atoms with Crippen molar-refractivity contribution < 1.29 is 4.79 Å². The first kappa shape index (κ1) is 13.5. The second-order valence-corrected chi connectivity index (χ2v) is 4.67. The minimum Gasteiger partial charge on any atom is -0.368 e. The molecule has 16 heavy (non-hydrogen) atoms. The average Bonchev–Trinajstić information content (AvgIpc) is 2.44. The second kappa shape index (κ2) is 6.21. The smallest absolute Gasteiger partial charge is 0.237 e. The van der Waals surface area contributed by atoms with Crippen molar-refractivity contribution in [3.05, 3.63) is 0 Å². The van der Waals surface area contributed by atoms with Crippen molar-refractivity contribution in [3.63, 3.8) is 0 Å². The third kappa shape index (κ3) is 3.19. The molecule has 4 heteroatoms. The van der Waals surface area contributed by atoms with Crippen molar-refractivity contribution in [2.24, 2.45) is 5.73 Å². The highest BCUT2D eigenvalue weighted by Crippen LogP contribution is 2.22. The van der Waals surface area contributed by atoms with Crippen molar-refractivity contribution in [2.75, 3.05) is 26.2 Å². The number of hydrogen-bond acceptors (Lipinski definition) is 3. The number of likely N-dealkylation sites (N-methyl/N-ethyl adjacent to an activating group) is 1. The molecule has 0 aliphatic carbocycles. The molecule has 4 nitrogen and oxygen atoms in total. The first-order valence-electron chi connectivity index (χ1n) is 6.42. The minimum absolute atomic E-state index is 0.187. The summed E-state index contributed by atoms with van der Waals surface area (Å²) in [5.74, 6) is -0.187. The van der Waals surface area contributed by atoms with Gasteiger partial charge in [-0.15, -0.1) is 0 Å². The van der Waals surface area contributed by atoms with Crippen molar-refractivity contribution in [3.8, 4) is 0 Å². The molecule has 0 radical (unpaired) electrons. The lowest BCUT2D eigenvalue weighted by atomic mass is 9.89. The maximum atomic E-state index is 11.6. The Balaban J connectivity index is 2.63. The summed E-state index contributed by atoms with van der Waals surface area (Å²) in [5, 5.41) is 3.30. The van der Waals surface area contributed by atoms with Gasteiger partial charge in [0.1, 0.15) is 0 Å². The molecular formula is C12H25N3O. The Kier molecular flexibility index (Phi) is 5.22. The van der Waals surface area contributed by atoms with E-state index in [9.17, 15) is 4.79 Å². The van der Waals surface area contributed by atoms with Gasteiger partial charge in [0.15, 0.2) is 0 Å². The van der Waals surface area contributed by atoms with E-state index >= 15 is 0 Å². The van der Waals surface area contributed by atoms with Crippen LogP contribution in [0.5, 0.6) is 0 Å². The number of carbonyl (C=O) groups excluding carboxylic acids is 1. The monoisotopic (exact) mass is 227 g/mol. The summed E-state index contributed by atoms with van der Waals surface area (Å²) in [6, 6.07) is 0. The molecule has 1 aliphatic rings. The summed E-state index contributed by atoms with van der Waals surface area (Å²) in [6.45, 7) is 8.21. The molecule has 1 unspecified atom stereocenters. The van der Waals surface area contributed by atoms with Gasteiger partial charge in [-0.2, -0.15) is 0 Å². The van der Waals surface area contributed by atoms with Crippen LogP contribution in [0.25, 0.3) is 0 Å². The third-order valence-corrected chi connectivity index (χ3v) is 3.46. The number of likely N-dealkylation sites (tertiary alicyclic amines) is 1. The normalized spacial score (nSPS) is 27.6. The Labute approximate surface area is 98.6 Å². The molecule has 0 aromatic rings. The lowest BCUT2D eigenvalue weighted by Gasteiger charge is -2.30. The van der Waals surface area contributed by atoms with Crippen LogP contribution in [-0.2, 0) is 4.79 Å². The fraction of sp³-hybridized carbons (Fsp3) is 0.917. The molecule has 1 rings (SSSR count). The summed E-state index contributed by atoms with van der Waals surface area (Å²) >= 11 is 0. The zero-order chi connectivity index (χ0) is 12.0. The van der Waals surface area contributed by atoms with Crippen LogP contribution < -0.4 is 11.1 Å². The van der Waals surface area contributed by atoms with Gasteiger partial charge < -0.3 is 16.0 Å². The van der Waals surface area contributed by atoms with Crippen LogP contribution in [0.15, 0.2) is 0 Å². The zero-order valence-corrected chi connectivity index (χ0v) is 10.6. The molecule has 3 N–H and O–H groups in total. The SMILES string of the molecule is CCCN1CCCC(NCC)(C(N)=O)CC1. The number of carbonyl (C=O) groups is 1. The number of primary amides is 1. The Morgan fingerprint density at radius 3 is 2.69 bits per heavy atom. The second-order valence-electron chi connectivity index (χ2n) is 4.67. The van der Waals surface area contributed by atoms with Crippen LogP contribution in [-0.4, -0.2) is 42.5 Å². The van der Waals surface area contributed by atoms with Gasteiger partial charge in [-0.25, -0.2) is 0 Å². The minimum atomic E-state index is -0.461. The van der Waals surface area contributed by atoms with Crippen LogP contribution in [0, 0.1) is 0 Å². The Morgan fingerprint density at radius 2 is 2.12 bits per heavy atom. The van der Waals surface area contributed by atoms with Crippen molar-refractivity contribution >= 4 is 5.91 Å². The highest BCUT2D eigenvalue weighted by molar-refractivity contribution is 5.84. The quantitative estimate of drug-likeness (QED) is 0.727. The molecule has 0 spiro atoms. The number of nitrogens with two attached hydrogens (primary N) is 1. The summed E-state index contributed by atoms with van der Waals surface area (Å²) in [4.78, 5) is 14.1. The first-order valence-corrected chi connectivity index (χ1v) is 6.42. The van der Waals surface area contributed by atoms with Crippen LogP contribution in [0.3, 0.4) is 0 Å². The first-order chi connectivity index (χ1) is 7.64. The van der Waals surface area contributed by atoms with E-state index in [1.807, 2.05) is 6.92 Å². The third-order valence-electron chi connectivity index (χ3n) is 3.46. The maximum Gasteiger partial charge on any atom is 0.237 e. The molecule has 0 saturated carbocycles. The predicted octanol–water partition coefficient (Wildman–Crippen LogP) is 0.716. The van der Waals surface area contributed by atoms with E-state index in [1.54, 1.807) is 0 Å². The van der Waals surface area contributed by atoms with Gasteiger partial charge in [0.2, 0.25) is 5.91 Å². The lowest BCUT2D eigenvalue weighted by molar-refractivity contribution is -0.124. The molecule has 1 heterocycles. The molecule has 0 aromatic carbocycles. The van der Waals surface area contributed by atoms with E-state index in [4.69, 9.17) is 5.73 Å². The van der Waals surface area contributed by atoms with Gasteiger partial charge in [-0.1, -0.05) is 13.8 Å². The van der Waals surface area contributed by atoms with Crippen molar-refractivity contribution in [1.29, 1.82) is 0 Å². The van der Waals surface area contributed by atoms with Gasteiger partial charge in [-0.05, 0) is 45.3 Å². The van der Waals surface area contributed by atoms with E-state index in [0.29, 0.717) is 0 Å². The van der Waals surface area contributed by atoms with E-state index < -0.39 is 5.54 Å². The van der Waals surface area contributed by atoms with E-state index in [0.717, 1.165) is 45.4 Å². The van der Waals surface area contributed by atoms with Crippen LogP contribution >= 0.6 is 0 Å². The Bertz CT molecular complexity index is 232. The number of hydrogen-bond donors (Lipinski definition) is 2. The summed E-state index contributed by atoms with van der Waals surface area (Å²) in [7, 11) is 0.